The molecule has 1 aromatic carbocycles. The lowest BCUT2D eigenvalue weighted by molar-refractivity contribution is 0.146. The third kappa shape index (κ3) is 3.58. The Kier molecular flexibility index (Phi) is 5.44. The van der Waals surface area contributed by atoms with Crippen molar-refractivity contribution >= 4 is 23.3 Å². The van der Waals surface area contributed by atoms with Gasteiger partial charge in [0.1, 0.15) is 41.7 Å². The fourth-order valence-electron chi connectivity index (χ4n) is 2.84. The van der Waals surface area contributed by atoms with E-state index < -0.39 is 6.04 Å². The Labute approximate surface area is 161 Å². The second-order valence-corrected chi connectivity index (χ2v) is 5.82. The van der Waals surface area contributed by atoms with Crippen molar-refractivity contribution in [2.45, 2.75) is 6.04 Å². The maximum absolute atomic E-state index is 9.37. The van der Waals surface area contributed by atoms with Crippen LogP contribution in [-0.2, 0) is 4.74 Å². The first-order valence-corrected chi connectivity index (χ1v) is 8.29. The SMILES string of the molecule is COCCOc1cccc(C2N=C(NC#N)Nc3nc(N)c(C#N)c(N)c32)c1. The van der Waals surface area contributed by atoms with Crippen molar-refractivity contribution in [3.8, 4) is 18.0 Å². The van der Waals surface area contributed by atoms with Gasteiger partial charge in [0.2, 0.25) is 5.96 Å². The highest BCUT2D eigenvalue weighted by atomic mass is 16.5. The molecule has 0 saturated carbocycles. The summed E-state index contributed by atoms with van der Waals surface area (Å²) in [6, 6.07) is 8.64. The second kappa shape index (κ2) is 8.12. The molecule has 0 saturated heterocycles. The summed E-state index contributed by atoms with van der Waals surface area (Å²) in [6.45, 7) is 0.850. The Hall–Kier alpha value is -4.02. The van der Waals surface area contributed by atoms with Gasteiger partial charge >= 0.3 is 0 Å². The van der Waals surface area contributed by atoms with Crippen LogP contribution in [0.1, 0.15) is 22.7 Å². The van der Waals surface area contributed by atoms with Gasteiger partial charge in [-0.15, -0.1) is 0 Å². The maximum Gasteiger partial charge on any atom is 0.211 e. The number of ether oxygens (including phenoxy) is 2. The minimum Gasteiger partial charge on any atom is -0.491 e. The van der Waals surface area contributed by atoms with Gasteiger partial charge in [-0.2, -0.15) is 10.5 Å². The minimum absolute atomic E-state index is 0.000132. The van der Waals surface area contributed by atoms with Crippen molar-refractivity contribution in [2.75, 3.05) is 37.1 Å². The fourth-order valence-corrected chi connectivity index (χ4v) is 2.84. The van der Waals surface area contributed by atoms with E-state index in [1.54, 1.807) is 7.11 Å². The van der Waals surface area contributed by atoms with Crippen molar-refractivity contribution in [1.29, 1.82) is 10.5 Å². The molecule has 0 spiro atoms. The summed E-state index contributed by atoms with van der Waals surface area (Å²) >= 11 is 0. The molecule has 0 amide bonds. The van der Waals surface area contributed by atoms with Gasteiger partial charge in [0, 0.05) is 12.7 Å². The van der Waals surface area contributed by atoms with Crippen LogP contribution in [0.25, 0.3) is 0 Å². The van der Waals surface area contributed by atoms with Gasteiger partial charge in [0.15, 0.2) is 6.19 Å². The van der Waals surface area contributed by atoms with Gasteiger partial charge in [-0.05, 0) is 17.7 Å². The number of nitrogens with zero attached hydrogens (tertiary/aromatic N) is 4. The molecule has 1 aliphatic heterocycles. The molecule has 0 aliphatic carbocycles. The Morgan fingerprint density at radius 2 is 2.11 bits per heavy atom. The molecular weight excluding hydrogens is 360 g/mol. The number of nitrogens with two attached hydrogens (primary N) is 2. The van der Waals surface area contributed by atoms with Crippen LogP contribution in [0.15, 0.2) is 29.3 Å². The second-order valence-electron chi connectivity index (χ2n) is 5.82. The number of aromatic nitrogens is 1. The van der Waals surface area contributed by atoms with E-state index >= 15 is 0 Å². The molecule has 0 fully saturated rings. The lowest BCUT2D eigenvalue weighted by Crippen LogP contribution is -2.32. The zero-order chi connectivity index (χ0) is 20.1. The molecule has 0 bridgehead atoms. The number of benzene rings is 1. The van der Waals surface area contributed by atoms with Gasteiger partial charge < -0.3 is 26.3 Å². The van der Waals surface area contributed by atoms with E-state index in [-0.39, 0.29) is 23.0 Å². The first-order chi connectivity index (χ1) is 13.6. The normalized spacial score (nSPS) is 14.7. The molecule has 0 radical (unpaired) electrons. The molecular formula is C18H18N8O2. The molecule has 1 aliphatic rings. The predicted octanol–water partition coefficient (Wildman–Crippen LogP) is 1.08. The van der Waals surface area contributed by atoms with Crippen LogP contribution in [0.4, 0.5) is 17.3 Å². The highest BCUT2D eigenvalue weighted by Gasteiger charge is 2.29. The third-order valence-corrected chi connectivity index (χ3v) is 4.09. The van der Waals surface area contributed by atoms with Crippen LogP contribution < -0.4 is 26.8 Å². The summed E-state index contributed by atoms with van der Waals surface area (Å²) in [6.07, 6.45) is 1.81. The van der Waals surface area contributed by atoms with E-state index in [1.165, 1.54) is 0 Å². The fraction of sp³-hybridized carbons (Fsp3) is 0.222. The van der Waals surface area contributed by atoms with Crippen LogP contribution in [-0.4, -0.2) is 31.3 Å². The highest BCUT2D eigenvalue weighted by molar-refractivity contribution is 5.98. The van der Waals surface area contributed by atoms with Crippen molar-refractivity contribution < 1.29 is 9.47 Å². The summed E-state index contributed by atoms with van der Waals surface area (Å²) in [5, 5.41) is 23.7. The van der Waals surface area contributed by atoms with Crippen molar-refractivity contribution in [3.05, 3.63) is 41.0 Å². The van der Waals surface area contributed by atoms with E-state index in [0.29, 0.717) is 30.3 Å². The van der Waals surface area contributed by atoms with Crippen LogP contribution in [0.2, 0.25) is 0 Å². The van der Waals surface area contributed by atoms with Gasteiger partial charge in [-0.1, -0.05) is 12.1 Å². The summed E-state index contributed by atoms with van der Waals surface area (Å²) in [4.78, 5) is 8.73. The lowest BCUT2D eigenvalue weighted by atomic mass is 9.95. The smallest absolute Gasteiger partial charge is 0.211 e. The Balaban J connectivity index is 2.09. The summed E-state index contributed by atoms with van der Waals surface area (Å²) in [5.41, 5.74) is 13.6. The molecule has 1 atom stereocenters. The number of anilines is 3. The maximum atomic E-state index is 9.37. The average molecular weight is 378 g/mol. The van der Waals surface area contributed by atoms with Crippen LogP contribution >= 0.6 is 0 Å². The molecule has 1 unspecified atom stereocenters. The Morgan fingerprint density at radius 1 is 1.29 bits per heavy atom. The average Bonchev–Trinajstić information content (AvgIpc) is 2.68. The number of rotatable bonds is 5. The number of fused-ring (bicyclic) bond motifs is 1. The number of pyridine rings is 1. The largest absolute Gasteiger partial charge is 0.491 e. The van der Waals surface area contributed by atoms with E-state index in [0.717, 1.165) is 5.56 Å². The number of nitrogen functional groups attached to an aromatic ring is 2. The first kappa shape index (κ1) is 18.8. The molecule has 2 heterocycles. The van der Waals surface area contributed by atoms with E-state index in [4.69, 9.17) is 26.2 Å². The number of hydrogen-bond acceptors (Lipinski definition) is 10. The first-order valence-electron chi connectivity index (χ1n) is 8.29. The molecule has 10 nitrogen and oxygen atoms in total. The van der Waals surface area contributed by atoms with Crippen molar-refractivity contribution in [3.63, 3.8) is 0 Å². The van der Waals surface area contributed by atoms with E-state index in [1.807, 2.05) is 36.5 Å². The molecule has 142 valence electrons. The number of methoxy groups -OCH3 is 1. The molecule has 10 heteroatoms. The molecule has 2 aromatic rings. The topological polar surface area (TPSA) is 167 Å². The summed E-state index contributed by atoms with van der Waals surface area (Å²) in [7, 11) is 1.60. The van der Waals surface area contributed by atoms with Crippen LogP contribution in [0, 0.1) is 22.8 Å². The highest BCUT2D eigenvalue weighted by Crippen LogP contribution is 2.40. The van der Waals surface area contributed by atoms with E-state index in [2.05, 4.69) is 20.6 Å². The molecule has 3 rings (SSSR count). The van der Waals surface area contributed by atoms with Crippen molar-refractivity contribution in [1.82, 2.24) is 10.3 Å². The summed E-state index contributed by atoms with van der Waals surface area (Å²) in [5.74, 6) is 1.15. The Morgan fingerprint density at radius 3 is 2.82 bits per heavy atom. The van der Waals surface area contributed by atoms with E-state index in [9.17, 15) is 5.26 Å². The Bertz CT molecular complexity index is 1010. The zero-order valence-electron chi connectivity index (χ0n) is 15.1. The summed E-state index contributed by atoms with van der Waals surface area (Å²) < 4.78 is 10.6. The van der Waals surface area contributed by atoms with Gasteiger partial charge in [-0.25, -0.2) is 9.98 Å². The number of nitrogens with one attached hydrogen (secondary N) is 2. The molecule has 28 heavy (non-hydrogen) atoms. The number of hydrogen-bond donors (Lipinski definition) is 4. The number of aliphatic imine (C=N–C) groups is 1. The van der Waals surface area contributed by atoms with Crippen LogP contribution in [0.3, 0.4) is 0 Å². The standard InChI is InChI=1S/C18H18N8O2/c1-27-5-6-28-11-4-2-3-10(7-11)15-13-14(21)12(8-19)16(22)25-17(13)26-18(24-15)23-9-20/h2-4,7,15H,5-6H2,1H3,(H6,21,22,23,24,25,26). The van der Waals surface area contributed by atoms with Gasteiger partial charge in [0.05, 0.1) is 12.3 Å². The third-order valence-electron chi connectivity index (χ3n) is 4.09. The van der Waals surface area contributed by atoms with Gasteiger partial charge in [0.25, 0.3) is 0 Å². The zero-order valence-corrected chi connectivity index (χ0v) is 15.1. The predicted molar refractivity (Wildman–Crippen MR) is 103 cm³/mol. The minimum atomic E-state index is -0.613. The van der Waals surface area contributed by atoms with Crippen LogP contribution in [0.5, 0.6) is 5.75 Å². The molecule has 6 N–H and O–H groups in total. The monoisotopic (exact) mass is 378 g/mol. The van der Waals surface area contributed by atoms with Gasteiger partial charge in [-0.3, -0.25) is 5.32 Å². The number of nitriles is 2. The quantitative estimate of drug-likeness (QED) is 0.338. The van der Waals surface area contributed by atoms with Crippen molar-refractivity contribution in [2.24, 2.45) is 4.99 Å². The number of guanidine groups is 1. The lowest BCUT2D eigenvalue weighted by Gasteiger charge is -2.26. The molecule has 1 aromatic heterocycles.